The SMILES string of the molecule is O=C(NNC(=O)NC1(N=NC2CCCC2)CCCCC1)NC1(N=NC2CCCC2)CCCCC1. The first kappa shape index (κ1) is 24.9. The maximum Gasteiger partial charge on any atom is 0.335 e. The summed E-state index contributed by atoms with van der Waals surface area (Å²) < 4.78 is 0. The summed E-state index contributed by atoms with van der Waals surface area (Å²) in [7, 11) is 0. The fourth-order valence-electron chi connectivity index (χ4n) is 5.80. The smallest absolute Gasteiger partial charge is 0.311 e. The maximum absolute atomic E-state index is 12.7. The van der Waals surface area contributed by atoms with Gasteiger partial charge in [-0.2, -0.15) is 20.5 Å². The van der Waals surface area contributed by atoms with Crippen LogP contribution in [0.15, 0.2) is 20.5 Å². The number of hydrogen-bond donors (Lipinski definition) is 4. The first-order chi connectivity index (χ1) is 16.6. The second-order valence-electron chi connectivity index (χ2n) is 10.7. The highest BCUT2D eigenvalue weighted by Crippen LogP contribution is 2.32. The van der Waals surface area contributed by atoms with Crippen LogP contribution in [0.3, 0.4) is 0 Å². The number of hydrogen-bond acceptors (Lipinski definition) is 6. The summed E-state index contributed by atoms with van der Waals surface area (Å²) >= 11 is 0. The molecule has 0 atom stereocenters. The number of carbonyl (C=O) groups excluding carboxylic acids is 2. The Kier molecular flexibility index (Phi) is 8.72. The van der Waals surface area contributed by atoms with E-state index >= 15 is 0 Å². The molecule has 4 amide bonds. The molecule has 4 rings (SSSR count). The van der Waals surface area contributed by atoms with Gasteiger partial charge in [-0.3, -0.25) is 0 Å². The summed E-state index contributed by atoms with van der Waals surface area (Å²) in [6, 6.07) is -0.379. The van der Waals surface area contributed by atoms with Crippen molar-refractivity contribution in [1.82, 2.24) is 21.5 Å². The molecule has 0 aromatic carbocycles. The van der Waals surface area contributed by atoms with E-state index in [4.69, 9.17) is 0 Å². The largest absolute Gasteiger partial charge is 0.335 e. The van der Waals surface area contributed by atoms with Crippen molar-refractivity contribution in [3.05, 3.63) is 0 Å². The molecular weight excluding hydrogens is 432 g/mol. The highest BCUT2D eigenvalue weighted by molar-refractivity contribution is 5.80. The Morgan fingerprint density at radius 3 is 1.24 bits per heavy atom. The van der Waals surface area contributed by atoms with Crippen molar-refractivity contribution in [2.75, 3.05) is 0 Å². The molecule has 4 N–H and O–H groups in total. The molecule has 4 saturated carbocycles. The number of carbonyl (C=O) groups is 2. The van der Waals surface area contributed by atoms with E-state index in [2.05, 4.69) is 41.9 Å². The fourth-order valence-corrected chi connectivity index (χ4v) is 5.80. The third-order valence-corrected chi connectivity index (χ3v) is 7.82. The quantitative estimate of drug-likeness (QED) is 0.294. The van der Waals surface area contributed by atoms with E-state index in [0.29, 0.717) is 0 Å². The molecule has 4 aliphatic carbocycles. The van der Waals surface area contributed by atoms with Crippen molar-refractivity contribution in [3.8, 4) is 0 Å². The van der Waals surface area contributed by atoms with Gasteiger partial charge >= 0.3 is 12.1 Å². The van der Waals surface area contributed by atoms with E-state index in [0.717, 1.165) is 89.9 Å². The van der Waals surface area contributed by atoms with Crippen LogP contribution in [0, 0.1) is 0 Å². The van der Waals surface area contributed by atoms with Crippen LogP contribution >= 0.6 is 0 Å². The predicted octanol–water partition coefficient (Wildman–Crippen LogP) is 5.61. The minimum absolute atomic E-state index is 0.276. The molecule has 0 radical (unpaired) electrons. The highest BCUT2D eigenvalue weighted by atomic mass is 16.2. The molecular formula is C24H42N8O2. The predicted molar refractivity (Wildman–Crippen MR) is 129 cm³/mol. The Morgan fingerprint density at radius 2 is 0.882 bits per heavy atom. The normalized spacial score (nSPS) is 25.5. The van der Waals surface area contributed by atoms with E-state index in [1.165, 1.54) is 25.7 Å². The Balaban J connectivity index is 1.29. The van der Waals surface area contributed by atoms with Crippen LogP contribution in [0.25, 0.3) is 0 Å². The first-order valence-electron chi connectivity index (χ1n) is 13.6. The summed E-state index contributed by atoms with van der Waals surface area (Å²) in [5.74, 6) is 0. The Labute approximate surface area is 202 Å². The molecule has 34 heavy (non-hydrogen) atoms. The molecule has 10 nitrogen and oxygen atoms in total. The van der Waals surface area contributed by atoms with Gasteiger partial charge in [0.1, 0.15) is 0 Å². The lowest BCUT2D eigenvalue weighted by Gasteiger charge is -2.34. The maximum atomic E-state index is 12.7. The fraction of sp³-hybridized carbons (Fsp3) is 0.917. The van der Waals surface area contributed by atoms with Crippen LogP contribution in [0.5, 0.6) is 0 Å². The molecule has 0 spiro atoms. The number of rotatable bonds is 6. The van der Waals surface area contributed by atoms with Crippen molar-refractivity contribution in [1.29, 1.82) is 0 Å². The molecule has 4 aliphatic rings. The monoisotopic (exact) mass is 474 g/mol. The number of hydrazine groups is 1. The minimum Gasteiger partial charge on any atom is -0.311 e. The van der Waals surface area contributed by atoms with Gasteiger partial charge in [0, 0.05) is 0 Å². The summed E-state index contributed by atoms with van der Waals surface area (Å²) in [5, 5.41) is 24.4. The van der Waals surface area contributed by atoms with Gasteiger partial charge in [-0.15, -0.1) is 0 Å². The van der Waals surface area contributed by atoms with Gasteiger partial charge in [-0.1, -0.05) is 38.5 Å². The molecule has 4 fully saturated rings. The van der Waals surface area contributed by atoms with Gasteiger partial charge in [0.2, 0.25) is 0 Å². The van der Waals surface area contributed by atoms with Crippen LogP contribution in [-0.4, -0.2) is 35.5 Å². The lowest BCUT2D eigenvalue weighted by Crippen LogP contribution is -2.59. The minimum atomic E-state index is -0.677. The average molecular weight is 475 g/mol. The Morgan fingerprint density at radius 1 is 0.529 bits per heavy atom. The molecule has 0 unspecified atom stereocenters. The van der Waals surface area contributed by atoms with E-state index in [-0.39, 0.29) is 12.1 Å². The lowest BCUT2D eigenvalue weighted by atomic mass is 9.89. The number of nitrogens with zero attached hydrogens (tertiary/aromatic N) is 4. The van der Waals surface area contributed by atoms with E-state index < -0.39 is 23.4 Å². The van der Waals surface area contributed by atoms with Gasteiger partial charge in [0.15, 0.2) is 11.3 Å². The molecule has 0 saturated heterocycles. The van der Waals surface area contributed by atoms with Crippen LogP contribution in [0.2, 0.25) is 0 Å². The van der Waals surface area contributed by atoms with E-state index in [1.807, 2.05) is 0 Å². The van der Waals surface area contributed by atoms with Gasteiger partial charge < -0.3 is 10.6 Å². The van der Waals surface area contributed by atoms with Crippen LogP contribution in [-0.2, 0) is 0 Å². The van der Waals surface area contributed by atoms with Crippen LogP contribution < -0.4 is 21.5 Å². The molecule has 0 aromatic heterocycles. The lowest BCUT2D eigenvalue weighted by molar-refractivity contribution is 0.186. The van der Waals surface area contributed by atoms with Gasteiger partial charge in [-0.25, -0.2) is 20.4 Å². The van der Waals surface area contributed by atoms with Crippen LogP contribution in [0.1, 0.15) is 116 Å². The topological polar surface area (TPSA) is 132 Å². The number of nitrogens with one attached hydrogen (secondary N) is 4. The highest BCUT2D eigenvalue weighted by Gasteiger charge is 2.36. The van der Waals surface area contributed by atoms with Crippen LogP contribution in [0.4, 0.5) is 9.59 Å². The average Bonchev–Trinajstić information content (AvgIpc) is 3.56. The number of urea groups is 2. The number of amides is 4. The molecule has 10 heteroatoms. The second kappa shape index (κ2) is 11.9. The molecule has 0 bridgehead atoms. The van der Waals surface area contributed by atoms with Gasteiger partial charge in [0.25, 0.3) is 0 Å². The van der Waals surface area contributed by atoms with Crippen molar-refractivity contribution in [2.45, 2.75) is 139 Å². The first-order valence-corrected chi connectivity index (χ1v) is 13.6. The van der Waals surface area contributed by atoms with Gasteiger partial charge in [-0.05, 0) is 77.0 Å². The Bertz CT molecular complexity index is 669. The summed E-state index contributed by atoms with van der Waals surface area (Å²) in [5.41, 5.74) is 3.65. The second-order valence-corrected chi connectivity index (χ2v) is 10.7. The van der Waals surface area contributed by atoms with Crippen molar-refractivity contribution >= 4 is 12.1 Å². The van der Waals surface area contributed by atoms with Crippen molar-refractivity contribution in [3.63, 3.8) is 0 Å². The molecule has 0 aromatic rings. The number of azo groups is 2. The third-order valence-electron chi connectivity index (χ3n) is 7.82. The van der Waals surface area contributed by atoms with E-state index in [1.54, 1.807) is 0 Å². The zero-order chi connectivity index (χ0) is 23.7. The third kappa shape index (κ3) is 7.12. The molecule has 0 aliphatic heterocycles. The Hall–Kier alpha value is -2.26. The standard InChI is InChI=1S/C24H42N8O2/c33-21(25-23(15-7-1-8-16-23)31-27-19-11-3-4-12-19)29-30-22(34)26-24(17-9-2-10-18-24)32-28-20-13-5-6-14-20/h19-20H,1-18H2,(H2,25,29,33)(H2,26,30,34). The van der Waals surface area contributed by atoms with Crippen molar-refractivity contribution in [2.24, 2.45) is 20.5 Å². The summed E-state index contributed by atoms with van der Waals surface area (Å²) in [4.78, 5) is 25.4. The van der Waals surface area contributed by atoms with E-state index in [9.17, 15) is 9.59 Å². The molecule has 0 heterocycles. The zero-order valence-corrected chi connectivity index (χ0v) is 20.5. The summed E-state index contributed by atoms with van der Waals surface area (Å²) in [6.07, 6.45) is 18.5. The van der Waals surface area contributed by atoms with Gasteiger partial charge in [0.05, 0.1) is 12.1 Å². The molecule has 190 valence electrons. The van der Waals surface area contributed by atoms with Crippen molar-refractivity contribution < 1.29 is 9.59 Å². The summed E-state index contributed by atoms with van der Waals surface area (Å²) in [6.45, 7) is 0. The zero-order valence-electron chi connectivity index (χ0n) is 20.5.